The summed E-state index contributed by atoms with van der Waals surface area (Å²) in [5, 5.41) is 2.83. The molecule has 0 bridgehead atoms. The zero-order chi connectivity index (χ0) is 8.32. The lowest BCUT2D eigenvalue weighted by Crippen LogP contribution is -2.43. The molecule has 0 saturated heterocycles. The first kappa shape index (κ1) is 11.7. The minimum Gasteiger partial charge on any atom is -0.382 e. The van der Waals surface area contributed by atoms with Crippen molar-refractivity contribution in [1.29, 1.82) is 0 Å². The fraction of sp³-hybridized carbons (Fsp3) is 0.857. The number of ether oxygens (including phenoxy) is 1. The number of nitrogens with two attached hydrogens (primary N) is 1. The molecule has 0 spiro atoms. The molecule has 1 saturated carbocycles. The Morgan fingerprint density at radius 2 is 2.25 bits per heavy atom. The van der Waals surface area contributed by atoms with Crippen molar-refractivity contribution in [3.05, 3.63) is 0 Å². The van der Waals surface area contributed by atoms with Crippen LogP contribution in [0.1, 0.15) is 12.8 Å². The van der Waals surface area contributed by atoms with Gasteiger partial charge in [-0.3, -0.25) is 4.79 Å². The maximum Gasteiger partial charge on any atom is 0.234 e. The fourth-order valence-corrected chi connectivity index (χ4v) is 1.08. The minimum absolute atomic E-state index is 0. The first-order chi connectivity index (χ1) is 5.22. The van der Waals surface area contributed by atoms with Crippen LogP contribution in [0, 0.1) is 0 Å². The van der Waals surface area contributed by atoms with E-state index in [2.05, 4.69) is 5.32 Å². The smallest absolute Gasteiger partial charge is 0.234 e. The van der Waals surface area contributed by atoms with Crippen LogP contribution in [0.3, 0.4) is 0 Å². The van der Waals surface area contributed by atoms with Crippen LogP contribution >= 0.6 is 12.4 Å². The molecule has 0 aromatic heterocycles. The van der Waals surface area contributed by atoms with Gasteiger partial charge in [0.25, 0.3) is 0 Å². The number of halogens is 1. The lowest BCUT2D eigenvalue weighted by atomic mass is 10.3. The molecule has 1 aliphatic carbocycles. The molecule has 0 radical (unpaired) electrons. The minimum atomic E-state index is -0.0976. The molecule has 1 aliphatic rings. The Morgan fingerprint density at radius 1 is 1.67 bits per heavy atom. The second kappa shape index (κ2) is 4.64. The van der Waals surface area contributed by atoms with E-state index in [1.54, 1.807) is 7.11 Å². The lowest BCUT2D eigenvalue weighted by Gasteiger charge is -2.14. The third-order valence-corrected chi connectivity index (χ3v) is 1.86. The van der Waals surface area contributed by atoms with E-state index in [4.69, 9.17) is 10.5 Å². The van der Waals surface area contributed by atoms with Crippen LogP contribution in [0.5, 0.6) is 0 Å². The first-order valence-electron chi connectivity index (χ1n) is 3.72. The van der Waals surface area contributed by atoms with Crippen LogP contribution in [0.25, 0.3) is 0 Å². The van der Waals surface area contributed by atoms with Crippen LogP contribution in [-0.2, 0) is 9.53 Å². The normalized spacial score (nSPS) is 17.8. The van der Waals surface area contributed by atoms with Gasteiger partial charge in [0.15, 0.2) is 0 Å². The summed E-state index contributed by atoms with van der Waals surface area (Å²) in [6, 6.07) is 0. The van der Waals surface area contributed by atoms with Crippen molar-refractivity contribution in [2.75, 3.05) is 20.3 Å². The van der Waals surface area contributed by atoms with Gasteiger partial charge in [0.1, 0.15) is 0 Å². The zero-order valence-electron chi connectivity index (χ0n) is 7.13. The van der Waals surface area contributed by atoms with E-state index in [0.717, 1.165) is 12.8 Å². The van der Waals surface area contributed by atoms with Gasteiger partial charge in [-0.25, -0.2) is 0 Å². The molecule has 0 aliphatic heterocycles. The Morgan fingerprint density at radius 3 is 2.58 bits per heavy atom. The number of rotatable bonds is 4. The van der Waals surface area contributed by atoms with Crippen LogP contribution in [0.15, 0.2) is 0 Å². The third kappa shape index (κ3) is 2.97. The van der Waals surface area contributed by atoms with E-state index in [1.807, 2.05) is 0 Å². The van der Waals surface area contributed by atoms with Crippen molar-refractivity contribution >= 4 is 18.3 Å². The van der Waals surface area contributed by atoms with Crippen molar-refractivity contribution < 1.29 is 9.53 Å². The topological polar surface area (TPSA) is 64.3 Å². The van der Waals surface area contributed by atoms with Crippen LogP contribution < -0.4 is 11.1 Å². The highest BCUT2D eigenvalue weighted by molar-refractivity contribution is 5.85. The summed E-state index contributed by atoms with van der Waals surface area (Å²) in [7, 11) is 1.63. The third-order valence-electron chi connectivity index (χ3n) is 1.86. The Balaban J connectivity index is 0.00000121. The molecule has 72 valence electrons. The maximum absolute atomic E-state index is 10.9. The first-order valence-corrected chi connectivity index (χ1v) is 3.72. The van der Waals surface area contributed by atoms with Crippen molar-refractivity contribution in [2.24, 2.45) is 5.73 Å². The lowest BCUT2D eigenvalue weighted by molar-refractivity contribution is -0.121. The highest BCUT2D eigenvalue weighted by Gasteiger charge is 2.43. The number of methoxy groups -OCH3 is 1. The summed E-state index contributed by atoms with van der Waals surface area (Å²) in [4.78, 5) is 10.9. The fourth-order valence-electron chi connectivity index (χ4n) is 1.08. The molecule has 0 unspecified atom stereocenters. The maximum atomic E-state index is 10.9. The van der Waals surface area contributed by atoms with Gasteiger partial charge in [-0.2, -0.15) is 0 Å². The second-order valence-electron chi connectivity index (χ2n) is 2.97. The van der Waals surface area contributed by atoms with Crippen molar-refractivity contribution in [1.82, 2.24) is 5.32 Å². The highest BCUT2D eigenvalue weighted by Crippen LogP contribution is 2.35. The predicted molar refractivity (Wildman–Crippen MR) is 48.3 cm³/mol. The van der Waals surface area contributed by atoms with Crippen molar-refractivity contribution in [3.8, 4) is 0 Å². The number of nitrogens with one attached hydrogen (secondary N) is 1. The molecule has 0 aromatic rings. The van der Waals surface area contributed by atoms with E-state index in [9.17, 15) is 4.79 Å². The van der Waals surface area contributed by atoms with Gasteiger partial charge in [-0.1, -0.05) is 0 Å². The molecule has 0 heterocycles. The number of hydrogen-bond donors (Lipinski definition) is 2. The van der Waals surface area contributed by atoms with Gasteiger partial charge in [0.2, 0.25) is 5.91 Å². The predicted octanol–water partition coefficient (Wildman–Crippen LogP) is -0.338. The average molecular weight is 195 g/mol. The number of amides is 1. The molecule has 1 amide bonds. The van der Waals surface area contributed by atoms with E-state index < -0.39 is 0 Å². The van der Waals surface area contributed by atoms with Crippen LogP contribution in [0.4, 0.5) is 0 Å². The number of hydrogen-bond acceptors (Lipinski definition) is 3. The average Bonchev–Trinajstić information content (AvgIpc) is 2.70. The second-order valence-corrected chi connectivity index (χ2v) is 2.97. The Hall–Kier alpha value is -0.320. The molecule has 3 N–H and O–H groups in total. The van der Waals surface area contributed by atoms with Crippen molar-refractivity contribution in [2.45, 2.75) is 18.4 Å². The molecular formula is C7H15ClN2O2. The quantitative estimate of drug-likeness (QED) is 0.644. The van der Waals surface area contributed by atoms with E-state index in [1.165, 1.54) is 0 Å². The van der Waals surface area contributed by atoms with Gasteiger partial charge >= 0.3 is 0 Å². The molecule has 0 atom stereocenters. The number of carbonyl (C=O) groups is 1. The molecule has 5 heteroatoms. The SMILES string of the molecule is COCC1(NC(=O)CN)CC1.Cl. The van der Waals surface area contributed by atoms with E-state index >= 15 is 0 Å². The summed E-state index contributed by atoms with van der Waals surface area (Å²) in [5.41, 5.74) is 5.07. The van der Waals surface area contributed by atoms with Gasteiger partial charge in [0.05, 0.1) is 18.7 Å². The molecule has 12 heavy (non-hydrogen) atoms. The Labute approximate surface area is 78.2 Å². The summed E-state index contributed by atoms with van der Waals surface area (Å²) in [6.45, 7) is 0.657. The van der Waals surface area contributed by atoms with Crippen LogP contribution in [-0.4, -0.2) is 31.7 Å². The standard InChI is InChI=1S/C7H14N2O2.ClH/c1-11-5-7(2-3-7)9-6(10)4-8;/h2-5,8H2,1H3,(H,9,10);1H. The number of carbonyl (C=O) groups excluding carboxylic acids is 1. The summed E-state index contributed by atoms with van der Waals surface area (Å²) < 4.78 is 4.96. The van der Waals surface area contributed by atoms with Gasteiger partial charge in [-0.15, -0.1) is 12.4 Å². The molecule has 4 nitrogen and oxygen atoms in total. The summed E-state index contributed by atoms with van der Waals surface area (Å²) >= 11 is 0. The molecule has 1 rings (SSSR count). The summed E-state index contributed by atoms with van der Waals surface area (Å²) in [5.74, 6) is -0.0976. The Bertz CT molecular complexity index is 159. The van der Waals surface area contributed by atoms with Crippen molar-refractivity contribution in [3.63, 3.8) is 0 Å². The van der Waals surface area contributed by atoms with Gasteiger partial charge in [0, 0.05) is 7.11 Å². The van der Waals surface area contributed by atoms with E-state index in [-0.39, 0.29) is 30.4 Å². The monoisotopic (exact) mass is 194 g/mol. The zero-order valence-corrected chi connectivity index (χ0v) is 7.95. The summed E-state index contributed by atoms with van der Waals surface area (Å²) in [6.07, 6.45) is 2.01. The largest absolute Gasteiger partial charge is 0.382 e. The molecule has 0 aromatic carbocycles. The van der Waals surface area contributed by atoms with Crippen LogP contribution in [0.2, 0.25) is 0 Å². The molecule has 1 fully saturated rings. The highest BCUT2D eigenvalue weighted by atomic mass is 35.5. The molecular weight excluding hydrogens is 180 g/mol. The van der Waals surface area contributed by atoms with E-state index in [0.29, 0.717) is 6.61 Å². The van der Waals surface area contributed by atoms with Gasteiger partial charge in [-0.05, 0) is 12.8 Å². The Kier molecular flexibility index (Phi) is 4.52. The van der Waals surface area contributed by atoms with Gasteiger partial charge < -0.3 is 15.8 Å².